The first-order chi connectivity index (χ1) is 11.6. The first kappa shape index (κ1) is 16.4. The first-order valence-corrected chi connectivity index (χ1v) is 8.49. The van der Waals surface area contributed by atoms with Gasteiger partial charge in [-0.25, -0.2) is 9.97 Å². The average molecular weight is 324 g/mol. The van der Waals surface area contributed by atoms with Crippen molar-refractivity contribution >= 4 is 11.6 Å². The number of hydrogen-bond acceptors (Lipinski definition) is 4. The molecule has 5 heteroatoms. The van der Waals surface area contributed by atoms with Gasteiger partial charge in [0.2, 0.25) is 0 Å². The Kier molecular flexibility index (Phi) is 4.79. The molecule has 1 aromatic heterocycles. The number of piperazine rings is 1. The molecular weight excluding hydrogens is 300 g/mol. The van der Waals surface area contributed by atoms with Gasteiger partial charge in [-0.3, -0.25) is 4.79 Å². The molecule has 1 aliphatic heterocycles. The quantitative estimate of drug-likeness (QED) is 0.871. The highest BCUT2D eigenvalue weighted by molar-refractivity contribution is 5.95. The van der Waals surface area contributed by atoms with Crippen LogP contribution >= 0.6 is 0 Å². The van der Waals surface area contributed by atoms with Crippen LogP contribution in [0.1, 0.15) is 41.6 Å². The van der Waals surface area contributed by atoms with Crippen LogP contribution in [0.2, 0.25) is 0 Å². The molecule has 1 amide bonds. The summed E-state index contributed by atoms with van der Waals surface area (Å²) in [6.07, 6.45) is 1.68. The number of hydrogen-bond donors (Lipinski definition) is 0. The SMILES string of the molecule is Cc1nc(C(C)C)ncc1C(=O)N1CCN(c2ccccc2)CC1. The third-order valence-electron chi connectivity index (χ3n) is 4.43. The number of carbonyl (C=O) groups is 1. The Morgan fingerprint density at radius 3 is 2.33 bits per heavy atom. The van der Waals surface area contributed by atoms with Crippen LogP contribution in [0.25, 0.3) is 0 Å². The molecule has 0 N–H and O–H groups in total. The number of anilines is 1. The molecule has 1 saturated heterocycles. The highest BCUT2D eigenvalue weighted by Crippen LogP contribution is 2.18. The van der Waals surface area contributed by atoms with Gasteiger partial charge in [0.05, 0.1) is 11.3 Å². The predicted molar refractivity (Wildman–Crippen MR) is 95.4 cm³/mol. The molecule has 2 heterocycles. The second kappa shape index (κ2) is 6.99. The van der Waals surface area contributed by atoms with E-state index in [1.54, 1.807) is 6.20 Å². The molecule has 3 rings (SSSR count). The fourth-order valence-corrected chi connectivity index (χ4v) is 2.95. The van der Waals surface area contributed by atoms with Gasteiger partial charge in [-0.15, -0.1) is 0 Å². The van der Waals surface area contributed by atoms with Gasteiger partial charge in [0.1, 0.15) is 5.82 Å². The predicted octanol–water partition coefficient (Wildman–Crippen LogP) is 2.87. The van der Waals surface area contributed by atoms with Crippen molar-refractivity contribution in [2.24, 2.45) is 0 Å². The maximum Gasteiger partial charge on any atom is 0.257 e. The minimum atomic E-state index is 0.0375. The van der Waals surface area contributed by atoms with Gasteiger partial charge in [-0.2, -0.15) is 0 Å². The maximum absolute atomic E-state index is 12.8. The third-order valence-corrected chi connectivity index (χ3v) is 4.43. The van der Waals surface area contributed by atoms with Gasteiger partial charge < -0.3 is 9.80 Å². The van der Waals surface area contributed by atoms with Crippen molar-refractivity contribution in [3.8, 4) is 0 Å². The summed E-state index contributed by atoms with van der Waals surface area (Å²) in [5, 5.41) is 0. The van der Waals surface area contributed by atoms with Crippen molar-refractivity contribution in [2.75, 3.05) is 31.1 Å². The standard InChI is InChI=1S/C19H24N4O/c1-14(2)18-20-13-17(15(3)21-18)19(24)23-11-9-22(10-12-23)16-7-5-4-6-8-16/h4-8,13-14H,9-12H2,1-3H3. The molecule has 1 fully saturated rings. The van der Waals surface area contributed by atoms with Gasteiger partial charge in [-0.1, -0.05) is 32.0 Å². The number of para-hydroxylation sites is 1. The molecule has 0 bridgehead atoms. The molecule has 0 atom stereocenters. The molecule has 0 radical (unpaired) electrons. The van der Waals surface area contributed by atoms with Gasteiger partial charge in [-0.05, 0) is 19.1 Å². The number of amides is 1. The zero-order chi connectivity index (χ0) is 17.1. The third kappa shape index (κ3) is 3.40. The van der Waals surface area contributed by atoms with E-state index in [1.807, 2.05) is 30.0 Å². The smallest absolute Gasteiger partial charge is 0.257 e. The minimum absolute atomic E-state index is 0.0375. The molecule has 1 aliphatic rings. The van der Waals surface area contributed by atoms with Crippen LogP contribution in [0.4, 0.5) is 5.69 Å². The zero-order valence-corrected chi connectivity index (χ0v) is 14.6. The monoisotopic (exact) mass is 324 g/mol. The van der Waals surface area contributed by atoms with Crippen LogP contribution in [-0.2, 0) is 0 Å². The topological polar surface area (TPSA) is 49.3 Å². The molecule has 126 valence electrons. The highest BCUT2D eigenvalue weighted by atomic mass is 16.2. The van der Waals surface area contributed by atoms with Gasteiger partial charge >= 0.3 is 0 Å². The fourth-order valence-electron chi connectivity index (χ4n) is 2.95. The average Bonchev–Trinajstić information content (AvgIpc) is 2.62. The normalized spacial score (nSPS) is 15.0. The van der Waals surface area contributed by atoms with E-state index in [-0.39, 0.29) is 11.8 Å². The van der Waals surface area contributed by atoms with E-state index < -0.39 is 0 Å². The number of aryl methyl sites for hydroxylation is 1. The molecule has 1 aromatic carbocycles. The number of rotatable bonds is 3. The van der Waals surface area contributed by atoms with Crippen LogP contribution in [-0.4, -0.2) is 47.0 Å². The summed E-state index contributed by atoms with van der Waals surface area (Å²) in [5.74, 6) is 1.09. The van der Waals surface area contributed by atoms with E-state index >= 15 is 0 Å². The molecule has 2 aromatic rings. The van der Waals surface area contributed by atoms with Crippen LogP contribution < -0.4 is 4.90 Å². The lowest BCUT2D eigenvalue weighted by atomic mass is 10.1. The van der Waals surface area contributed by atoms with E-state index in [1.165, 1.54) is 5.69 Å². The molecule has 5 nitrogen and oxygen atoms in total. The Labute approximate surface area is 143 Å². The summed E-state index contributed by atoms with van der Waals surface area (Å²) in [6, 6.07) is 10.3. The van der Waals surface area contributed by atoms with Crippen molar-refractivity contribution in [1.29, 1.82) is 0 Å². The van der Waals surface area contributed by atoms with Gasteiger partial charge in [0.25, 0.3) is 5.91 Å². The molecule has 0 aliphatic carbocycles. The Balaban J connectivity index is 1.67. The number of benzene rings is 1. The number of nitrogens with zero attached hydrogens (tertiary/aromatic N) is 4. The Morgan fingerprint density at radius 2 is 1.75 bits per heavy atom. The number of carbonyl (C=O) groups excluding carboxylic acids is 1. The largest absolute Gasteiger partial charge is 0.368 e. The van der Waals surface area contributed by atoms with E-state index in [9.17, 15) is 4.79 Å². The lowest BCUT2D eigenvalue weighted by molar-refractivity contribution is 0.0745. The molecule has 0 unspecified atom stereocenters. The van der Waals surface area contributed by atoms with E-state index in [2.05, 4.69) is 40.8 Å². The van der Waals surface area contributed by atoms with Crippen LogP contribution in [0, 0.1) is 6.92 Å². The second-order valence-electron chi connectivity index (χ2n) is 6.50. The summed E-state index contributed by atoms with van der Waals surface area (Å²) in [5.41, 5.74) is 2.60. The summed E-state index contributed by atoms with van der Waals surface area (Å²) in [7, 11) is 0. The zero-order valence-electron chi connectivity index (χ0n) is 14.6. The van der Waals surface area contributed by atoms with E-state index in [0.29, 0.717) is 5.56 Å². The molecule has 24 heavy (non-hydrogen) atoms. The lowest BCUT2D eigenvalue weighted by Gasteiger charge is -2.36. The second-order valence-corrected chi connectivity index (χ2v) is 6.50. The van der Waals surface area contributed by atoms with Crippen molar-refractivity contribution in [3.63, 3.8) is 0 Å². The van der Waals surface area contributed by atoms with Gasteiger partial charge in [0.15, 0.2) is 0 Å². The summed E-state index contributed by atoms with van der Waals surface area (Å²) in [6.45, 7) is 9.14. The van der Waals surface area contributed by atoms with Crippen LogP contribution in [0.5, 0.6) is 0 Å². The minimum Gasteiger partial charge on any atom is -0.368 e. The summed E-state index contributed by atoms with van der Waals surface area (Å²) in [4.78, 5) is 25.8. The number of aromatic nitrogens is 2. The Bertz CT molecular complexity index is 707. The van der Waals surface area contributed by atoms with Crippen molar-refractivity contribution in [2.45, 2.75) is 26.7 Å². The van der Waals surface area contributed by atoms with Crippen LogP contribution in [0.3, 0.4) is 0 Å². The maximum atomic E-state index is 12.8. The molecular formula is C19H24N4O. The fraction of sp³-hybridized carbons (Fsp3) is 0.421. The lowest BCUT2D eigenvalue weighted by Crippen LogP contribution is -2.49. The molecule has 0 saturated carbocycles. The van der Waals surface area contributed by atoms with Crippen molar-refractivity contribution < 1.29 is 4.79 Å². The summed E-state index contributed by atoms with van der Waals surface area (Å²) >= 11 is 0. The van der Waals surface area contributed by atoms with Gasteiger partial charge in [0, 0.05) is 44.0 Å². The van der Waals surface area contributed by atoms with E-state index in [4.69, 9.17) is 0 Å². The Morgan fingerprint density at radius 1 is 1.08 bits per heavy atom. The first-order valence-electron chi connectivity index (χ1n) is 8.49. The highest BCUT2D eigenvalue weighted by Gasteiger charge is 2.24. The summed E-state index contributed by atoms with van der Waals surface area (Å²) < 4.78 is 0. The van der Waals surface area contributed by atoms with Crippen molar-refractivity contribution in [1.82, 2.24) is 14.9 Å². The molecule has 0 spiro atoms. The Hall–Kier alpha value is -2.43. The van der Waals surface area contributed by atoms with Crippen LogP contribution in [0.15, 0.2) is 36.5 Å². The van der Waals surface area contributed by atoms with E-state index in [0.717, 1.165) is 37.7 Å². The van der Waals surface area contributed by atoms with Crippen molar-refractivity contribution in [3.05, 3.63) is 53.6 Å².